The van der Waals surface area contributed by atoms with Crippen molar-refractivity contribution in [1.29, 1.82) is 0 Å². The topological polar surface area (TPSA) is 21.3 Å². The van der Waals surface area contributed by atoms with Crippen LogP contribution in [0.4, 0.5) is 0 Å². The molecule has 3 heteroatoms. The van der Waals surface area contributed by atoms with Gasteiger partial charge in [0.25, 0.3) is 0 Å². The van der Waals surface area contributed by atoms with Gasteiger partial charge in [0.05, 0.1) is 0 Å². The maximum absolute atomic E-state index is 5.02. The second kappa shape index (κ2) is 8.43. The summed E-state index contributed by atoms with van der Waals surface area (Å²) < 4.78 is 5.02. The number of hydrogen-bond acceptors (Lipinski definition) is 3. The Kier molecular flexibility index (Phi) is 8.58. The van der Waals surface area contributed by atoms with Crippen molar-refractivity contribution in [1.82, 2.24) is 5.32 Å². The van der Waals surface area contributed by atoms with Crippen LogP contribution in [-0.4, -0.2) is 37.3 Å². The van der Waals surface area contributed by atoms with Crippen LogP contribution >= 0.6 is 11.8 Å². The van der Waals surface area contributed by atoms with Crippen LogP contribution in [-0.2, 0) is 4.74 Å². The largest absolute Gasteiger partial charge is 0.385 e. The first-order valence-electron chi connectivity index (χ1n) is 5.77. The highest BCUT2D eigenvalue weighted by Crippen LogP contribution is 2.10. The van der Waals surface area contributed by atoms with Gasteiger partial charge in [0, 0.05) is 19.3 Å². The number of methoxy groups -OCH3 is 1. The number of nitrogens with one attached hydrogen (secondary N) is 1. The minimum atomic E-state index is 0.245. The first kappa shape index (κ1) is 15.3. The van der Waals surface area contributed by atoms with Crippen molar-refractivity contribution in [3.8, 4) is 0 Å². The molecule has 0 saturated heterocycles. The van der Waals surface area contributed by atoms with E-state index in [-0.39, 0.29) is 5.54 Å². The van der Waals surface area contributed by atoms with Gasteiger partial charge in [-0.3, -0.25) is 0 Å². The molecule has 0 aliphatic rings. The van der Waals surface area contributed by atoms with E-state index in [0.29, 0.717) is 0 Å². The second-order valence-electron chi connectivity index (χ2n) is 5.16. The third-order valence-electron chi connectivity index (χ3n) is 2.02. The predicted octanol–water partition coefficient (Wildman–Crippen LogP) is 2.78. The number of rotatable bonds is 8. The fraction of sp³-hybridized carbons (Fsp3) is 1.00. The Hall–Kier alpha value is 0.270. The molecule has 0 aliphatic carbocycles. The molecule has 1 unspecified atom stereocenters. The number of hydrogen-bond donors (Lipinski definition) is 1. The van der Waals surface area contributed by atoms with E-state index in [4.69, 9.17) is 4.74 Å². The lowest BCUT2D eigenvalue weighted by Gasteiger charge is -2.23. The SMILES string of the molecule is COCCCSCC(C)CNC(C)(C)C. The molecule has 0 aliphatic heterocycles. The van der Waals surface area contributed by atoms with Gasteiger partial charge in [0.2, 0.25) is 0 Å². The van der Waals surface area contributed by atoms with Gasteiger partial charge in [-0.1, -0.05) is 6.92 Å². The smallest absolute Gasteiger partial charge is 0.0470 e. The average molecular weight is 233 g/mol. The van der Waals surface area contributed by atoms with E-state index in [0.717, 1.165) is 19.1 Å². The van der Waals surface area contributed by atoms with E-state index in [2.05, 4.69) is 33.0 Å². The van der Waals surface area contributed by atoms with Gasteiger partial charge in [-0.05, 0) is 51.2 Å². The summed E-state index contributed by atoms with van der Waals surface area (Å²) in [5.74, 6) is 3.21. The van der Waals surface area contributed by atoms with Crippen molar-refractivity contribution < 1.29 is 4.74 Å². The minimum absolute atomic E-state index is 0.245. The predicted molar refractivity (Wildman–Crippen MR) is 70.7 cm³/mol. The quantitative estimate of drug-likeness (QED) is 0.651. The summed E-state index contributed by atoms with van der Waals surface area (Å²) >= 11 is 2.03. The third kappa shape index (κ3) is 12.2. The van der Waals surface area contributed by atoms with E-state index in [1.165, 1.54) is 17.9 Å². The summed E-state index contributed by atoms with van der Waals surface area (Å²) in [4.78, 5) is 0. The minimum Gasteiger partial charge on any atom is -0.385 e. The Balaban J connectivity index is 3.30. The molecule has 1 N–H and O–H groups in total. The summed E-state index contributed by atoms with van der Waals surface area (Å²) in [7, 11) is 1.76. The Morgan fingerprint density at radius 2 is 2.00 bits per heavy atom. The number of ether oxygens (including phenoxy) is 1. The molecular formula is C12H27NOS. The Labute approximate surface area is 99.5 Å². The molecule has 0 fully saturated rings. The molecule has 0 saturated carbocycles. The molecule has 0 amide bonds. The lowest BCUT2D eigenvalue weighted by atomic mass is 10.1. The van der Waals surface area contributed by atoms with Crippen molar-refractivity contribution >= 4 is 11.8 Å². The molecule has 0 rings (SSSR count). The Bertz CT molecular complexity index is 145. The molecule has 0 heterocycles. The molecule has 92 valence electrons. The second-order valence-corrected chi connectivity index (χ2v) is 6.31. The highest BCUT2D eigenvalue weighted by molar-refractivity contribution is 7.99. The van der Waals surface area contributed by atoms with Crippen molar-refractivity contribution in [2.75, 3.05) is 31.8 Å². The average Bonchev–Trinajstić information content (AvgIpc) is 2.13. The summed E-state index contributed by atoms with van der Waals surface area (Å²) in [5.41, 5.74) is 0.245. The van der Waals surface area contributed by atoms with Crippen molar-refractivity contribution in [2.45, 2.75) is 39.7 Å². The van der Waals surface area contributed by atoms with E-state index < -0.39 is 0 Å². The Morgan fingerprint density at radius 3 is 2.53 bits per heavy atom. The van der Waals surface area contributed by atoms with Gasteiger partial charge in [0.15, 0.2) is 0 Å². The van der Waals surface area contributed by atoms with Crippen molar-refractivity contribution in [3.05, 3.63) is 0 Å². The highest BCUT2D eigenvalue weighted by Gasteiger charge is 2.10. The molecule has 0 aromatic heterocycles. The molecule has 2 nitrogen and oxygen atoms in total. The number of thioether (sulfide) groups is 1. The van der Waals surface area contributed by atoms with Crippen LogP contribution < -0.4 is 5.32 Å². The van der Waals surface area contributed by atoms with Crippen LogP contribution in [0.3, 0.4) is 0 Å². The van der Waals surface area contributed by atoms with Crippen molar-refractivity contribution in [3.63, 3.8) is 0 Å². The Morgan fingerprint density at radius 1 is 1.33 bits per heavy atom. The van der Waals surface area contributed by atoms with Gasteiger partial charge in [-0.2, -0.15) is 11.8 Å². The van der Waals surface area contributed by atoms with Gasteiger partial charge in [-0.15, -0.1) is 0 Å². The molecule has 0 bridgehead atoms. The zero-order valence-electron chi connectivity index (χ0n) is 10.9. The summed E-state index contributed by atoms with van der Waals surface area (Å²) in [5, 5.41) is 3.54. The first-order chi connectivity index (χ1) is 6.95. The van der Waals surface area contributed by atoms with Crippen LogP contribution in [0.5, 0.6) is 0 Å². The van der Waals surface area contributed by atoms with E-state index >= 15 is 0 Å². The lowest BCUT2D eigenvalue weighted by molar-refractivity contribution is 0.200. The third-order valence-corrected chi connectivity index (χ3v) is 3.40. The maximum Gasteiger partial charge on any atom is 0.0470 e. The van der Waals surface area contributed by atoms with Gasteiger partial charge in [0.1, 0.15) is 0 Å². The van der Waals surface area contributed by atoms with Crippen LogP contribution in [0.1, 0.15) is 34.1 Å². The summed E-state index contributed by atoms with van der Waals surface area (Å²) in [6.07, 6.45) is 1.17. The summed E-state index contributed by atoms with van der Waals surface area (Å²) in [6.45, 7) is 11.0. The fourth-order valence-corrected chi connectivity index (χ4v) is 2.14. The van der Waals surface area contributed by atoms with E-state index in [1.807, 2.05) is 11.8 Å². The van der Waals surface area contributed by atoms with E-state index in [1.54, 1.807) is 7.11 Å². The molecule has 15 heavy (non-hydrogen) atoms. The molecule has 0 aromatic carbocycles. The van der Waals surface area contributed by atoms with Crippen molar-refractivity contribution in [2.24, 2.45) is 5.92 Å². The normalized spacial score (nSPS) is 14.2. The summed E-state index contributed by atoms with van der Waals surface area (Å²) in [6, 6.07) is 0. The van der Waals surface area contributed by atoms with Gasteiger partial charge >= 0.3 is 0 Å². The fourth-order valence-electron chi connectivity index (χ4n) is 1.13. The van der Waals surface area contributed by atoms with Crippen LogP contribution in [0, 0.1) is 5.92 Å². The highest BCUT2D eigenvalue weighted by atomic mass is 32.2. The molecular weight excluding hydrogens is 206 g/mol. The maximum atomic E-state index is 5.02. The molecule has 0 radical (unpaired) electrons. The monoisotopic (exact) mass is 233 g/mol. The molecule has 0 aromatic rings. The zero-order valence-corrected chi connectivity index (χ0v) is 11.7. The standard InChI is InChI=1S/C12H27NOS/c1-11(9-13-12(2,3)4)10-15-8-6-7-14-5/h11,13H,6-10H2,1-5H3. The lowest BCUT2D eigenvalue weighted by Crippen LogP contribution is -2.39. The van der Waals surface area contributed by atoms with Gasteiger partial charge < -0.3 is 10.1 Å². The van der Waals surface area contributed by atoms with E-state index in [9.17, 15) is 0 Å². The van der Waals surface area contributed by atoms with Crippen LogP contribution in [0.25, 0.3) is 0 Å². The van der Waals surface area contributed by atoms with Gasteiger partial charge in [-0.25, -0.2) is 0 Å². The van der Waals surface area contributed by atoms with Crippen LogP contribution in [0.2, 0.25) is 0 Å². The molecule has 1 atom stereocenters. The van der Waals surface area contributed by atoms with Crippen LogP contribution in [0.15, 0.2) is 0 Å². The first-order valence-corrected chi connectivity index (χ1v) is 6.93. The molecule has 0 spiro atoms. The zero-order chi connectivity index (χ0) is 11.7.